The summed E-state index contributed by atoms with van der Waals surface area (Å²) in [6.07, 6.45) is 0. The predicted molar refractivity (Wildman–Crippen MR) is 280 cm³/mol. The van der Waals surface area contributed by atoms with Crippen molar-refractivity contribution in [2.24, 2.45) is 0 Å². The van der Waals surface area contributed by atoms with Crippen molar-refractivity contribution >= 4 is 166 Å². The average Bonchev–Trinajstić information content (AvgIpc) is 3.62. The van der Waals surface area contributed by atoms with Crippen LogP contribution >= 0.6 is 0 Å². The van der Waals surface area contributed by atoms with E-state index in [-0.39, 0.29) is 0 Å². The van der Waals surface area contributed by atoms with E-state index in [1.54, 1.807) is 0 Å². The number of rotatable bonds is 5. The summed E-state index contributed by atoms with van der Waals surface area (Å²) in [7, 11) is 22.8. The number of imidazole rings is 1. The van der Waals surface area contributed by atoms with Crippen LogP contribution in [0.5, 0.6) is 0 Å². The molecule has 0 aliphatic rings. The standard InChI is InChI=1S/C45H40B10N2/c46-34-32(35(47)39(51)42(54)38(34)50)23-12-8-11-22(19-23)31-25-13-4-5-14-26(25)44(57-30-16-7-6-15-29(30)56-45(57)21-9-2-1-3-10-21)27-18-17-24(20-28(27)31)33-36(48)40(52)43(55)41(53)37(33)49/h1-20H,46-55H2. The zero-order valence-electron chi connectivity index (χ0n) is 34.9. The highest BCUT2D eigenvalue weighted by atomic mass is 15.1. The third-order valence-electron chi connectivity index (χ3n) is 13.5. The van der Waals surface area contributed by atoms with E-state index in [2.05, 4.69) is 204 Å². The number of benzene rings is 8. The maximum atomic E-state index is 5.31. The Labute approximate surface area is 345 Å². The molecule has 0 saturated carbocycles. The molecule has 0 fully saturated rings. The molecule has 0 bridgehead atoms. The van der Waals surface area contributed by atoms with E-state index in [0.29, 0.717) is 0 Å². The van der Waals surface area contributed by atoms with Crippen LogP contribution in [0.1, 0.15) is 0 Å². The number of para-hydroxylation sites is 2. The van der Waals surface area contributed by atoms with Crippen LogP contribution in [0.25, 0.3) is 83.0 Å². The van der Waals surface area contributed by atoms with Gasteiger partial charge in [0.2, 0.25) is 0 Å². The fourth-order valence-corrected chi connectivity index (χ4v) is 9.59. The summed E-state index contributed by atoms with van der Waals surface area (Å²) in [5.74, 6) is 0.939. The van der Waals surface area contributed by atoms with E-state index in [1.165, 1.54) is 110 Å². The summed E-state index contributed by atoms with van der Waals surface area (Å²) in [6, 6.07) is 44.7. The Kier molecular flexibility index (Phi) is 9.15. The summed E-state index contributed by atoms with van der Waals surface area (Å²) in [5.41, 5.74) is 25.6. The lowest BCUT2D eigenvalue weighted by Crippen LogP contribution is -2.55. The summed E-state index contributed by atoms with van der Waals surface area (Å²) >= 11 is 0. The van der Waals surface area contributed by atoms with Gasteiger partial charge in [0.25, 0.3) is 0 Å². The van der Waals surface area contributed by atoms with Gasteiger partial charge < -0.3 is 0 Å². The van der Waals surface area contributed by atoms with E-state index in [9.17, 15) is 0 Å². The molecule has 9 aromatic rings. The Morgan fingerprint density at radius 2 is 0.789 bits per heavy atom. The molecule has 0 radical (unpaired) electrons. The number of fused-ring (bicyclic) bond motifs is 3. The lowest BCUT2D eigenvalue weighted by molar-refractivity contribution is 1.13. The van der Waals surface area contributed by atoms with Crippen molar-refractivity contribution in [2.45, 2.75) is 0 Å². The van der Waals surface area contributed by atoms with Crippen LogP contribution in [0.3, 0.4) is 0 Å². The van der Waals surface area contributed by atoms with Gasteiger partial charge in [0.1, 0.15) is 84.3 Å². The predicted octanol–water partition coefficient (Wildman–Crippen LogP) is -5.42. The molecule has 1 heterocycles. The summed E-state index contributed by atoms with van der Waals surface area (Å²) < 4.78 is 2.41. The van der Waals surface area contributed by atoms with Crippen molar-refractivity contribution in [2.75, 3.05) is 0 Å². The van der Waals surface area contributed by atoms with Crippen molar-refractivity contribution < 1.29 is 0 Å². The summed E-state index contributed by atoms with van der Waals surface area (Å²) in [4.78, 5) is 5.31. The highest BCUT2D eigenvalue weighted by molar-refractivity contribution is 6.70. The lowest BCUT2D eigenvalue weighted by atomic mass is 9.59. The number of hydrogen-bond donors (Lipinski definition) is 0. The third kappa shape index (κ3) is 5.74. The Balaban J connectivity index is 1.44. The Bertz CT molecular complexity index is 3080. The highest BCUT2D eigenvalue weighted by Gasteiger charge is 2.24. The molecule has 57 heavy (non-hydrogen) atoms. The van der Waals surface area contributed by atoms with Crippen molar-refractivity contribution in [1.29, 1.82) is 0 Å². The average molecular weight is 717 g/mol. The minimum atomic E-state index is 0.939. The molecule has 0 aliphatic carbocycles. The van der Waals surface area contributed by atoms with Crippen LogP contribution in [-0.4, -0.2) is 88.0 Å². The van der Waals surface area contributed by atoms with Gasteiger partial charge in [-0.1, -0.05) is 119 Å². The number of nitrogens with zero attached hydrogens (tertiary/aromatic N) is 2. The molecule has 2 nitrogen and oxygen atoms in total. The normalized spacial score (nSPS) is 11.5. The Morgan fingerprint density at radius 1 is 0.333 bits per heavy atom. The monoisotopic (exact) mass is 718 g/mol. The molecule has 0 amide bonds. The molecule has 0 unspecified atom stereocenters. The highest BCUT2D eigenvalue weighted by Crippen LogP contribution is 2.44. The first-order valence-electron chi connectivity index (χ1n) is 20.2. The number of aromatic nitrogens is 2. The van der Waals surface area contributed by atoms with Crippen LogP contribution in [0.4, 0.5) is 0 Å². The van der Waals surface area contributed by atoms with Crippen molar-refractivity contribution in [3.05, 3.63) is 121 Å². The van der Waals surface area contributed by atoms with Gasteiger partial charge in [0.05, 0.1) is 16.7 Å². The molecule has 0 N–H and O–H groups in total. The van der Waals surface area contributed by atoms with Crippen molar-refractivity contribution in [1.82, 2.24) is 9.55 Å². The van der Waals surface area contributed by atoms with Crippen LogP contribution in [0.15, 0.2) is 121 Å². The van der Waals surface area contributed by atoms with Crippen molar-refractivity contribution in [3.63, 3.8) is 0 Å². The second kappa shape index (κ2) is 14.1. The zero-order chi connectivity index (χ0) is 39.9. The van der Waals surface area contributed by atoms with E-state index in [4.69, 9.17) is 4.98 Å². The molecule has 12 heteroatoms. The molecular formula is C45H40B10N2. The zero-order valence-corrected chi connectivity index (χ0v) is 34.9. The second-order valence-electron chi connectivity index (χ2n) is 16.2. The second-order valence-corrected chi connectivity index (χ2v) is 16.2. The van der Waals surface area contributed by atoms with E-state index < -0.39 is 0 Å². The molecule has 0 spiro atoms. The maximum Gasteiger partial charge on any atom is 0.145 e. The first-order valence-corrected chi connectivity index (χ1v) is 20.2. The van der Waals surface area contributed by atoms with Gasteiger partial charge >= 0.3 is 0 Å². The van der Waals surface area contributed by atoms with Crippen LogP contribution < -0.4 is 54.6 Å². The van der Waals surface area contributed by atoms with E-state index in [0.717, 1.165) is 28.1 Å². The molecule has 1 aromatic heterocycles. The van der Waals surface area contributed by atoms with Gasteiger partial charge in [-0.2, -0.15) is 0 Å². The lowest BCUT2D eigenvalue weighted by Gasteiger charge is -2.24. The van der Waals surface area contributed by atoms with Crippen molar-refractivity contribution in [3.8, 4) is 50.5 Å². The first-order chi connectivity index (χ1) is 27.5. The minimum Gasteiger partial charge on any atom is -0.291 e. The molecule has 260 valence electrons. The summed E-state index contributed by atoms with van der Waals surface area (Å²) in [5, 5.41) is 4.85. The molecule has 0 saturated heterocycles. The minimum absolute atomic E-state index is 0.939. The van der Waals surface area contributed by atoms with Crippen LogP contribution in [0, 0.1) is 0 Å². The third-order valence-corrected chi connectivity index (χ3v) is 13.5. The number of hydrogen-bond acceptors (Lipinski definition) is 1. The smallest absolute Gasteiger partial charge is 0.145 e. The van der Waals surface area contributed by atoms with E-state index >= 15 is 0 Å². The van der Waals surface area contributed by atoms with Gasteiger partial charge in [-0.25, -0.2) is 4.98 Å². The molecule has 8 aromatic carbocycles. The molecule has 0 aliphatic heterocycles. The van der Waals surface area contributed by atoms with Gasteiger partial charge in [-0.3, -0.25) is 4.57 Å². The van der Waals surface area contributed by atoms with Gasteiger partial charge in [0, 0.05) is 16.3 Å². The van der Waals surface area contributed by atoms with Gasteiger partial charge in [0.15, 0.2) is 0 Å². The summed E-state index contributed by atoms with van der Waals surface area (Å²) in [6.45, 7) is 0. The maximum absolute atomic E-state index is 5.31. The molecular weight excluding hydrogens is 677 g/mol. The van der Waals surface area contributed by atoms with Crippen LogP contribution in [-0.2, 0) is 0 Å². The quantitative estimate of drug-likeness (QED) is 0.129. The SMILES string of the molecule is Bc1c(B)c(B)c(-c2cccc(-c3c4ccccc4c(-n4c(-c5ccccc5)nc5ccccc54)c4ccc(-c5c(B)c(B)c(B)c(B)c5B)cc34)c2)c(B)c1B. The fourth-order valence-electron chi connectivity index (χ4n) is 9.59. The Hall–Kier alpha value is -5.60. The van der Waals surface area contributed by atoms with Gasteiger partial charge in [-0.05, 0) is 68.4 Å². The van der Waals surface area contributed by atoms with Crippen LogP contribution in [0.2, 0.25) is 0 Å². The largest absolute Gasteiger partial charge is 0.291 e. The topological polar surface area (TPSA) is 17.8 Å². The fraction of sp³-hybridized carbons (Fsp3) is 0. The van der Waals surface area contributed by atoms with E-state index in [1.807, 2.05) is 0 Å². The Morgan fingerprint density at radius 3 is 1.40 bits per heavy atom. The molecule has 0 atom stereocenters. The first kappa shape index (κ1) is 37.0. The molecule has 9 rings (SSSR count). The van der Waals surface area contributed by atoms with Gasteiger partial charge in [-0.15, -0.1) is 32.8 Å².